The van der Waals surface area contributed by atoms with Gasteiger partial charge in [-0.3, -0.25) is 14.9 Å². The lowest BCUT2D eigenvalue weighted by molar-refractivity contribution is -0.385. The second-order valence-electron chi connectivity index (χ2n) is 3.91. The third-order valence-electron chi connectivity index (χ3n) is 2.69. The van der Waals surface area contributed by atoms with E-state index in [0.717, 1.165) is 0 Å². The van der Waals surface area contributed by atoms with Crippen molar-refractivity contribution in [3.63, 3.8) is 0 Å². The number of hydrogen-bond donors (Lipinski definition) is 1. The van der Waals surface area contributed by atoms with Crippen molar-refractivity contribution in [2.45, 2.75) is 25.8 Å². The minimum absolute atomic E-state index is 0.0621. The predicted octanol–water partition coefficient (Wildman–Crippen LogP) is 1.20. The first-order chi connectivity index (χ1) is 8.49. The lowest BCUT2D eigenvalue weighted by Gasteiger charge is -2.09. The van der Waals surface area contributed by atoms with Crippen molar-refractivity contribution in [1.29, 1.82) is 0 Å². The van der Waals surface area contributed by atoms with Crippen LogP contribution in [-0.4, -0.2) is 24.0 Å². The van der Waals surface area contributed by atoms with Crippen LogP contribution in [0.1, 0.15) is 18.1 Å². The van der Waals surface area contributed by atoms with Crippen LogP contribution in [0.15, 0.2) is 18.2 Å². The van der Waals surface area contributed by atoms with Crippen LogP contribution >= 0.6 is 0 Å². The number of methoxy groups -OCH3 is 1. The summed E-state index contributed by atoms with van der Waals surface area (Å²) in [4.78, 5) is 21.6. The van der Waals surface area contributed by atoms with Gasteiger partial charge in [-0.05, 0) is 18.4 Å². The van der Waals surface area contributed by atoms with E-state index in [1.54, 1.807) is 12.1 Å². The summed E-state index contributed by atoms with van der Waals surface area (Å²) in [5.74, 6) is -0.530. The van der Waals surface area contributed by atoms with Gasteiger partial charge in [-0.25, -0.2) is 0 Å². The van der Waals surface area contributed by atoms with Gasteiger partial charge in [0.1, 0.15) is 6.04 Å². The van der Waals surface area contributed by atoms with E-state index in [0.29, 0.717) is 17.5 Å². The molecular weight excluding hydrogens is 236 g/mol. The first kappa shape index (κ1) is 14.1. The normalized spacial score (nSPS) is 11.9. The Morgan fingerprint density at radius 1 is 1.56 bits per heavy atom. The molecule has 1 rings (SSSR count). The summed E-state index contributed by atoms with van der Waals surface area (Å²) in [6.45, 7) is 1.85. The number of aryl methyl sites for hydroxylation is 1. The van der Waals surface area contributed by atoms with Crippen molar-refractivity contribution in [3.8, 4) is 0 Å². The first-order valence-electron chi connectivity index (χ1n) is 5.59. The zero-order valence-electron chi connectivity index (χ0n) is 10.4. The van der Waals surface area contributed by atoms with Gasteiger partial charge in [-0.2, -0.15) is 0 Å². The maximum atomic E-state index is 11.2. The molecule has 0 aliphatic heterocycles. The summed E-state index contributed by atoms with van der Waals surface area (Å²) in [6, 6.07) is 4.09. The Bertz CT molecular complexity index is 459. The molecule has 0 saturated carbocycles. The summed E-state index contributed by atoms with van der Waals surface area (Å²) in [6.07, 6.45) is 0.803. The highest BCUT2D eigenvalue weighted by Gasteiger charge is 2.18. The van der Waals surface area contributed by atoms with Crippen LogP contribution in [0.4, 0.5) is 5.69 Å². The minimum atomic E-state index is -0.804. The Kier molecular flexibility index (Phi) is 4.79. The Morgan fingerprint density at radius 3 is 2.72 bits per heavy atom. The Hall–Kier alpha value is -1.95. The fourth-order valence-corrected chi connectivity index (χ4v) is 1.69. The first-order valence-corrected chi connectivity index (χ1v) is 5.59. The highest BCUT2D eigenvalue weighted by atomic mass is 16.6. The van der Waals surface area contributed by atoms with Crippen LogP contribution in [0.2, 0.25) is 0 Å². The van der Waals surface area contributed by atoms with Crippen molar-refractivity contribution in [1.82, 2.24) is 0 Å². The largest absolute Gasteiger partial charge is 0.468 e. The molecule has 0 radical (unpaired) electrons. The van der Waals surface area contributed by atoms with Crippen LogP contribution in [0.5, 0.6) is 0 Å². The molecule has 0 fully saturated rings. The molecule has 2 N–H and O–H groups in total. The summed E-state index contributed by atoms with van der Waals surface area (Å²) in [5.41, 5.74) is 6.99. The van der Waals surface area contributed by atoms with Crippen molar-refractivity contribution in [3.05, 3.63) is 39.4 Å². The molecule has 0 amide bonds. The van der Waals surface area contributed by atoms with Gasteiger partial charge < -0.3 is 10.5 Å². The second-order valence-corrected chi connectivity index (χ2v) is 3.91. The van der Waals surface area contributed by atoms with Crippen molar-refractivity contribution >= 4 is 11.7 Å². The average molecular weight is 252 g/mol. The highest BCUT2D eigenvalue weighted by Crippen LogP contribution is 2.21. The molecule has 6 nitrogen and oxygen atoms in total. The number of rotatable bonds is 5. The Balaban J connectivity index is 2.95. The summed E-state index contributed by atoms with van der Waals surface area (Å²) in [7, 11) is 1.25. The molecule has 1 aromatic rings. The number of carbonyl (C=O) groups excluding carboxylic acids is 1. The van der Waals surface area contributed by atoms with Crippen molar-refractivity contribution < 1.29 is 14.5 Å². The number of nitro benzene ring substituents is 1. The standard InChI is InChI=1S/C12H16N2O4/c1-3-9-5-4-8(7-11(9)14(16)17)6-10(13)12(15)18-2/h4-5,7,10H,3,6,13H2,1-2H3. The average Bonchev–Trinajstić information content (AvgIpc) is 2.37. The van der Waals surface area contributed by atoms with Gasteiger partial charge >= 0.3 is 5.97 Å². The second kappa shape index (κ2) is 6.11. The van der Waals surface area contributed by atoms with Gasteiger partial charge in [0, 0.05) is 11.6 Å². The number of ether oxygens (including phenoxy) is 1. The van der Waals surface area contributed by atoms with Gasteiger partial charge in [-0.15, -0.1) is 0 Å². The predicted molar refractivity (Wildman–Crippen MR) is 66.2 cm³/mol. The van der Waals surface area contributed by atoms with E-state index in [1.165, 1.54) is 13.2 Å². The fourth-order valence-electron chi connectivity index (χ4n) is 1.69. The maximum absolute atomic E-state index is 11.2. The number of esters is 1. The topological polar surface area (TPSA) is 95.5 Å². The molecule has 98 valence electrons. The van der Waals surface area contributed by atoms with Crippen LogP contribution < -0.4 is 5.73 Å². The molecule has 1 atom stereocenters. The van der Waals surface area contributed by atoms with E-state index in [1.807, 2.05) is 6.92 Å². The lowest BCUT2D eigenvalue weighted by Crippen LogP contribution is -2.33. The smallest absolute Gasteiger partial charge is 0.322 e. The fraction of sp³-hybridized carbons (Fsp3) is 0.417. The minimum Gasteiger partial charge on any atom is -0.468 e. The van der Waals surface area contributed by atoms with E-state index in [4.69, 9.17) is 5.73 Å². The molecular formula is C12H16N2O4. The van der Waals surface area contributed by atoms with Crippen LogP contribution in [0.3, 0.4) is 0 Å². The Labute approximate surface area is 105 Å². The molecule has 0 spiro atoms. The summed E-state index contributed by atoms with van der Waals surface area (Å²) < 4.78 is 4.51. The monoisotopic (exact) mass is 252 g/mol. The number of hydrogen-bond acceptors (Lipinski definition) is 5. The van der Waals surface area contributed by atoms with Crippen molar-refractivity contribution in [2.75, 3.05) is 7.11 Å². The van der Waals surface area contributed by atoms with Gasteiger partial charge in [0.2, 0.25) is 0 Å². The van der Waals surface area contributed by atoms with Gasteiger partial charge in [0.05, 0.1) is 12.0 Å². The number of nitrogens with two attached hydrogens (primary N) is 1. The number of nitrogens with zero attached hydrogens (tertiary/aromatic N) is 1. The molecule has 18 heavy (non-hydrogen) atoms. The Morgan fingerprint density at radius 2 is 2.22 bits per heavy atom. The molecule has 0 heterocycles. The van der Waals surface area contributed by atoms with Crippen LogP contribution in [0, 0.1) is 10.1 Å². The van der Waals surface area contributed by atoms with E-state index < -0.39 is 16.9 Å². The maximum Gasteiger partial charge on any atom is 0.322 e. The van der Waals surface area contributed by atoms with Gasteiger partial charge in [-0.1, -0.05) is 19.1 Å². The number of carbonyl (C=O) groups is 1. The summed E-state index contributed by atoms with van der Waals surface area (Å²) >= 11 is 0. The zero-order chi connectivity index (χ0) is 13.7. The van der Waals surface area contributed by atoms with E-state index >= 15 is 0 Å². The molecule has 0 aliphatic rings. The molecule has 0 bridgehead atoms. The molecule has 0 aromatic heterocycles. The zero-order valence-corrected chi connectivity index (χ0v) is 10.4. The van der Waals surface area contributed by atoms with Gasteiger partial charge in [0.25, 0.3) is 5.69 Å². The highest BCUT2D eigenvalue weighted by molar-refractivity contribution is 5.75. The third kappa shape index (κ3) is 3.27. The molecule has 1 unspecified atom stereocenters. The molecule has 0 aliphatic carbocycles. The number of benzene rings is 1. The lowest BCUT2D eigenvalue weighted by atomic mass is 10.0. The van der Waals surface area contributed by atoms with E-state index in [2.05, 4.69) is 4.74 Å². The quantitative estimate of drug-likeness (QED) is 0.482. The molecule has 0 saturated heterocycles. The van der Waals surface area contributed by atoms with E-state index in [-0.39, 0.29) is 12.1 Å². The van der Waals surface area contributed by atoms with Crippen molar-refractivity contribution in [2.24, 2.45) is 5.73 Å². The number of nitro groups is 1. The van der Waals surface area contributed by atoms with Crippen LogP contribution in [0.25, 0.3) is 0 Å². The molecule has 6 heteroatoms. The van der Waals surface area contributed by atoms with Gasteiger partial charge in [0.15, 0.2) is 0 Å². The van der Waals surface area contributed by atoms with Crippen LogP contribution in [-0.2, 0) is 22.4 Å². The SMILES string of the molecule is CCc1ccc(CC(N)C(=O)OC)cc1[N+](=O)[O-]. The summed E-state index contributed by atoms with van der Waals surface area (Å²) in [5, 5.41) is 10.9. The third-order valence-corrected chi connectivity index (χ3v) is 2.69. The molecule has 1 aromatic carbocycles. The van der Waals surface area contributed by atoms with E-state index in [9.17, 15) is 14.9 Å².